The van der Waals surface area contributed by atoms with E-state index in [4.69, 9.17) is 11.0 Å². The van der Waals surface area contributed by atoms with Crippen molar-refractivity contribution < 1.29 is 9.18 Å². The normalized spacial score (nSPS) is 13.1. The summed E-state index contributed by atoms with van der Waals surface area (Å²) in [7, 11) is 0. The van der Waals surface area contributed by atoms with E-state index in [9.17, 15) is 9.18 Å². The Morgan fingerprint density at radius 3 is 2.86 bits per heavy atom. The van der Waals surface area contributed by atoms with Crippen molar-refractivity contribution in [2.75, 3.05) is 10.6 Å². The minimum absolute atomic E-state index is 0.0571. The van der Waals surface area contributed by atoms with Gasteiger partial charge in [-0.2, -0.15) is 5.26 Å². The molecule has 2 aromatic carbocycles. The number of anilines is 2. The number of benzene rings is 2. The summed E-state index contributed by atoms with van der Waals surface area (Å²) < 4.78 is 13.5. The van der Waals surface area contributed by atoms with Crippen LogP contribution in [0.1, 0.15) is 16.7 Å². The molecule has 2 aromatic rings. The summed E-state index contributed by atoms with van der Waals surface area (Å²) in [6.07, 6.45) is 0.292. The Hall–Kier alpha value is -2.87. The molecule has 0 radical (unpaired) electrons. The van der Waals surface area contributed by atoms with Gasteiger partial charge in [0.15, 0.2) is 0 Å². The number of hydrogen-bond acceptors (Lipinski definition) is 3. The van der Waals surface area contributed by atoms with Crippen LogP contribution < -0.4 is 10.6 Å². The van der Waals surface area contributed by atoms with Crippen molar-refractivity contribution in [3.63, 3.8) is 0 Å². The molecule has 0 aliphatic carbocycles. The lowest BCUT2D eigenvalue weighted by Crippen LogP contribution is -2.26. The summed E-state index contributed by atoms with van der Waals surface area (Å²) in [6.45, 7) is 0.238. The van der Waals surface area contributed by atoms with E-state index < -0.39 is 5.82 Å². The van der Waals surface area contributed by atoms with Gasteiger partial charge >= 0.3 is 0 Å². The highest BCUT2D eigenvalue weighted by atomic mass is 19.1. The number of hydrogen-bond donors (Lipinski definition) is 1. The van der Waals surface area contributed by atoms with E-state index in [1.807, 2.05) is 6.07 Å². The van der Waals surface area contributed by atoms with Crippen molar-refractivity contribution in [2.24, 2.45) is 0 Å². The smallest absolute Gasteiger partial charge is 0.231 e. The average molecular weight is 281 g/mol. The Labute approximate surface area is 121 Å². The topological polar surface area (TPSA) is 70.1 Å². The maximum Gasteiger partial charge on any atom is 0.231 e. The maximum absolute atomic E-state index is 13.5. The molecule has 0 unspecified atom stereocenters. The summed E-state index contributed by atoms with van der Waals surface area (Å²) >= 11 is 0. The first kappa shape index (κ1) is 13.1. The first-order valence-corrected chi connectivity index (χ1v) is 6.45. The molecule has 3 rings (SSSR count). The highest BCUT2D eigenvalue weighted by Gasteiger charge is 2.27. The van der Waals surface area contributed by atoms with Crippen molar-refractivity contribution in [1.82, 2.24) is 0 Å². The molecule has 0 spiro atoms. The molecule has 1 aliphatic rings. The summed E-state index contributed by atoms with van der Waals surface area (Å²) in [6, 6.07) is 11.3. The summed E-state index contributed by atoms with van der Waals surface area (Å²) in [5.41, 5.74) is 8.82. The number of fused-ring (bicyclic) bond motifs is 1. The van der Waals surface area contributed by atoms with Crippen molar-refractivity contribution >= 4 is 17.3 Å². The zero-order valence-corrected chi connectivity index (χ0v) is 11.1. The van der Waals surface area contributed by atoms with Crippen molar-refractivity contribution in [3.05, 3.63) is 58.9 Å². The number of carbonyl (C=O) groups excluding carboxylic acids is 1. The van der Waals surface area contributed by atoms with Crippen LogP contribution in [0.4, 0.5) is 15.8 Å². The molecule has 0 saturated heterocycles. The van der Waals surface area contributed by atoms with Crippen molar-refractivity contribution in [2.45, 2.75) is 13.0 Å². The van der Waals surface area contributed by atoms with Crippen LogP contribution in [0.2, 0.25) is 0 Å². The van der Waals surface area contributed by atoms with E-state index >= 15 is 0 Å². The van der Waals surface area contributed by atoms with Gasteiger partial charge < -0.3 is 10.6 Å². The summed E-state index contributed by atoms with van der Waals surface area (Å²) in [4.78, 5) is 13.7. The maximum atomic E-state index is 13.5. The molecule has 0 bridgehead atoms. The fourth-order valence-corrected chi connectivity index (χ4v) is 2.57. The van der Waals surface area contributed by atoms with E-state index in [0.29, 0.717) is 17.7 Å². The van der Waals surface area contributed by atoms with E-state index in [1.165, 1.54) is 12.1 Å². The molecule has 104 valence electrons. The van der Waals surface area contributed by atoms with Gasteiger partial charge in [0.2, 0.25) is 5.91 Å². The van der Waals surface area contributed by atoms with Crippen LogP contribution >= 0.6 is 0 Å². The van der Waals surface area contributed by atoms with Gasteiger partial charge in [0.1, 0.15) is 5.82 Å². The molecule has 0 aromatic heterocycles. The van der Waals surface area contributed by atoms with Gasteiger partial charge in [-0.3, -0.25) is 4.79 Å². The Bertz CT molecular complexity index is 780. The van der Waals surface area contributed by atoms with Crippen LogP contribution in [0.5, 0.6) is 0 Å². The molecule has 1 aliphatic heterocycles. The molecule has 0 atom stereocenters. The van der Waals surface area contributed by atoms with Crippen LogP contribution in [-0.4, -0.2) is 5.91 Å². The Kier molecular flexibility index (Phi) is 3.07. The number of nitriles is 1. The van der Waals surface area contributed by atoms with Gasteiger partial charge in [-0.25, -0.2) is 4.39 Å². The van der Waals surface area contributed by atoms with E-state index in [2.05, 4.69) is 0 Å². The van der Waals surface area contributed by atoms with Crippen LogP contribution in [0, 0.1) is 17.1 Å². The highest BCUT2D eigenvalue weighted by Crippen LogP contribution is 2.31. The van der Waals surface area contributed by atoms with Gasteiger partial charge in [-0.1, -0.05) is 0 Å². The average Bonchev–Trinajstić information content (AvgIpc) is 2.73. The van der Waals surface area contributed by atoms with Gasteiger partial charge in [0.25, 0.3) is 0 Å². The van der Waals surface area contributed by atoms with Gasteiger partial charge in [-0.15, -0.1) is 0 Å². The van der Waals surface area contributed by atoms with E-state index in [1.54, 1.807) is 29.2 Å². The fraction of sp³-hybridized carbons (Fsp3) is 0.125. The van der Waals surface area contributed by atoms with Crippen LogP contribution in [-0.2, 0) is 17.8 Å². The Balaban J connectivity index is 1.95. The first-order chi connectivity index (χ1) is 10.1. The highest BCUT2D eigenvalue weighted by molar-refractivity contribution is 6.01. The van der Waals surface area contributed by atoms with E-state index in [-0.39, 0.29) is 18.0 Å². The second kappa shape index (κ2) is 4.91. The van der Waals surface area contributed by atoms with Crippen LogP contribution in [0.3, 0.4) is 0 Å². The monoisotopic (exact) mass is 281 g/mol. The third-order valence-electron chi connectivity index (χ3n) is 3.46. The third kappa shape index (κ3) is 2.43. The fourth-order valence-electron chi connectivity index (χ4n) is 2.57. The molecule has 5 heteroatoms. The van der Waals surface area contributed by atoms with E-state index in [0.717, 1.165) is 11.3 Å². The lowest BCUT2D eigenvalue weighted by Gasteiger charge is -2.18. The Morgan fingerprint density at radius 2 is 2.10 bits per heavy atom. The second-order valence-corrected chi connectivity index (χ2v) is 5.00. The number of rotatable bonds is 2. The molecule has 1 amide bonds. The third-order valence-corrected chi connectivity index (χ3v) is 3.46. The number of nitrogens with zero attached hydrogens (tertiary/aromatic N) is 2. The lowest BCUT2D eigenvalue weighted by molar-refractivity contribution is -0.117. The minimum Gasteiger partial charge on any atom is -0.399 e. The SMILES string of the molecule is N#Cc1cc(F)cc(CN2C(=O)Cc3cc(N)ccc32)c1. The number of nitrogen functional groups attached to an aromatic ring is 1. The predicted octanol–water partition coefficient (Wildman–Crippen LogP) is 2.37. The number of nitrogens with two attached hydrogens (primary N) is 1. The van der Waals surface area contributed by atoms with Gasteiger partial charge in [0, 0.05) is 11.4 Å². The lowest BCUT2D eigenvalue weighted by atomic mass is 10.1. The molecular formula is C16H12FN3O. The largest absolute Gasteiger partial charge is 0.399 e. The molecule has 1 heterocycles. The molecule has 0 saturated carbocycles. The number of halogens is 1. The zero-order valence-electron chi connectivity index (χ0n) is 11.1. The van der Waals surface area contributed by atoms with Crippen molar-refractivity contribution in [1.29, 1.82) is 5.26 Å². The molecule has 4 nitrogen and oxygen atoms in total. The molecular weight excluding hydrogens is 269 g/mol. The van der Waals surface area contributed by atoms with Crippen LogP contribution in [0.25, 0.3) is 0 Å². The van der Waals surface area contributed by atoms with Crippen LogP contribution in [0.15, 0.2) is 36.4 Å². The predicted molar refractivity (Wildman–Crippen MR) is 76.9 cm³/mol. The quantitative estimate of drug-likeness (QED) is 0.859. The summed E-state index contributed by atoms with van der Waals surface area (Å²) in [5.74, 6) is -0.536. The number of amides is 1. The molecule has 21 heavy (non-hydrogen) atoms. The second-order valence-electron chi connectivity index (χ2n) is 5.00. The summed E-state index contributed by atoms with van der Waals surface area (Å²) in [5, 5.41) is 8.88. The minimum atomic E-state index is -0.478. The standard InChI is InChI=1S/C16H12FN3O/c17-13-4-10(8-18)3-11(5-13)9-20-15-2-1-14(19)6-12(15)7-16(20)21/h1-6H,7,9,19H2. The zero-order chi connectivity index (χ0) is 15.0. The molecule has 0 fully saturated rings. The molecule has 2 N–H and O–H groups in total. The first-order valence-electron chi connectivity index (χ1n) is 6.45. The van der Waals surface area contributed by atoms with Gasteiger partial charge in [0.05, 0.1) is 24.6 Å². The van der Waals surface area contributed by atoms with Gasteiger partial charge in [-0.05, 0) is 47.5 Å². The van der Waals surface area contributed by atoms with Crippen molar-refractivity contribution in [3.8, 4) is 6.07 Å². The number of carbonyl (C=O) groups is 1. The Morgan fingerprint density at radius 1 is 1.29 bits per heavy atom.